The van der Waals surface area contributed by atoms with Gasteiger partial charge in [-0.1, -0.05) is 0 Å². The summed E-state index contributed by atoms with van der Waals surface area (Å²) in [5.41, 5.74) is 20.7. The highest BCUT2D eigenvalue weighted by atomic mass is 16.4. The largest absolute Gasteiger partial charge is 0.480 e. The molecule has 0 unspecified atom stereocenters. The van der Waals surface area contributed by atoms with Crippen molar-refractivity contribution in [2.75, 3.05) is 6.54 Å². The maximum absolute atomic E-state index is 12.2. The van der Waals surface area contributed by atoms with Crippen molar-refractivity contribution in [3.05, 3.63) is 0 Å². The van der Waals surface area contributed by atoms with Gasteiger partial charge in [-0.2, -0.15) is 0 Å². The van der Waals surface area contributed by atoms with Crippen LogP contribution in [0.15, 0.2) is 4.99 Å². The number of carbonyl (C=O) groups is 4. The monoisotopic (exact) mass is 359 g/mol. The van der Waals surface area contributed by atoms with Crippen LogP contribution >= 0.6 is 0 Å². The summed E-state index contributed by atoms with van der Waals surface area (Å²) in [4.78, 5) is 49.8. The van der Waals surface area contributed by atoms with E-state index in [2.05, 4.69) is 15.6 Å². The van der Waals surface area contributed by atoms with Crippen molar-refractivity contribution in [2.45, 2.75) is 44.3 Å². The lowest BCUT2D eigenvalue weighted by molar-refractivity contribution is -0.142. The Bertz CT molecular complexity index is 531. The molecule has 0 saturated heterocycles. The normalized spacial score (nSPS) is 13.8. The van der Waals surface area contributed by atoms with E-state index in [1.807, 2.05) is 0 Å². The van der Waals surface area contributed by atoms with Crippen molar-refractivity contribution in [3.63, 3.8) is 0 Å². The van der Waals surface area contributed by atoms with E-state index in [-0.39, 0.29) is 18.9 Å². The molecular weight excluding hydrogens is 334 g/mol. The molecule has 11 N–H and O–H groups in total. The van der Waals surface area contributed by atoms with Gasteiger partial charge >= 0.3 is 5.97 Å². The number of carboxylic acids is 1. The lowest BCUT2D eigenvalue weighted by Crippen LogP contribution is -2.55. The topological polar surface area (TPSA) is 229 Å². The first-order chi connectivity index (χ1) is 11.5. The fourth-order valence-corrected chi connectivity index (χ4v) is 1.75. The third kappa shape index (κ3) is 9.76. The highest BCUT2D eigenvalue weighted by molar-refractivity contribution is 5.94. The predicted octanol–water partition coefficient (Wildman–Crippen LogP) is -3.68. The Morgan fingerprint density at radius 1 is 1.04 bits per heavy atom. The smallest absolute Gasteiger partial charge is 0.326 e. The van der Waals surface area contributed by atoms with Crippen LogP contribution in [0.3, 0.4) is 0 Å². The number of amides is 3. The van der Waals surface area contributed by atoms with Crippen molar-refractivity contribution < 1.29 is 24.3 Å². The second kappa shape index (κ2) is 10.8. The maximum atomic E-state index is 12.2. The van der Waals surface area contributed by atoms with Crippen LogP contribution in [0.1, 0.15) is 26.2 Å². The van der Waals surface area contributed by atoms with Crippen molar-refractivity contribution in [2.24, 2.45) is 27.9 Å². The lowest BCUT2D eigenvalue weighted by atomic mass is 10.1. The van der Waals surface area contributed by atoms with Crippen LogP contribution in [0.25, 0.3) is 0 Å². The number of nitrogens with two attached hydrogens (primary N) is 4. The number of nitrogens with zero attached hydrogens (tertiary/aromatic N) is 1. The summed E-state index contributed by atoms with van der Waals surface area (Å²) in [6.45, 7) is 1.58. The summed E-state index contributed by atoms with van der Waals surface area (Å²) >= 11 is 0. The van der Waals surface area contributed by atoms with Gasteiger partial charge in [0.2, 0.25) is 17.7 Å². The molecule has 0 aliphatic rings. The molecule has 0 spiro atoms. The van der Waals surface area contributed by atoms with Crippen molar-refractivity contribution in [3.8, 4) is 0 Å². The Hall–Kier alpha value is -2.89. The van der Waals surface area contributed by atoms with Gasteiger partial charge in [0.15, 0.2) is 5.96 Å². The van der Waals surface area contributed by atoms with Gasteiger partial charge in [0.05, 0.1) is 12.5 Å². The number of rotatable bonds is 11. The SMILES string of the molecule is C[C@H](N)C(=O)N[C@@H](CC(N)=O)C(=O)N[C@@H](CCCN=C(N)N)C(=O)O. The number of nitrogens with one attached hydrogen (secondary N) is 2. The first-order valence-electron chi connectivity index (χ1n) is 7.47. The molecule has 0 aromatic heterocycles. The van der Waals surface area contributed by atoms with Crippen LogP contribution in [0, 0.1) is 0 Å². The highest BCUT2D eigenvalue weighted by Gasteiger charge is 2.28. The van der Waals surface area contributed by atoms with Crippen molar-refractivity contribution in [1.29, 1.82) is 0 Å². The molecule has 12 nitrogen and oxygen atoms in total. The minimum absolute atomic E-state index is 0.0440. The van der Waals surface area contributed by atoms with E-state index in [0.717, 1.165) is 0 Å². The molecule has 12 heteroatoms. The Balaban J connectivity index is 4.88. The van der Waals surface area contributed by atoms with Gasteiger partial charge in [0.25, 0.3) is 0 Å². The number of carbonyl (C=O) groups excluding carboxylic acids is 3. The number of guanidine groups is 1. The molecular formula is C13H25N7O5. The van der Waals surface area contributed by atoms with Crippen LogP contribution in [-0.4, -0.2) is 59.4 Å². The zero-order valence-corrected chi connectivity index (χ0v) is 13.9. The van der Waals surface area contributed by atoms with Gasteiger partial charge in [-0.05, 0) is 19.8 Å². The van der Waals surface area contributed by atoms with Gasteiger partial charge in [0.1, 0.15) is 12.1 Å². The number of carboxylic acid groups (broad SMARTS) is 1. The molecule has 0 heterocycles. The summed E-state index contributed by atoms with van der Waals surface area (Å²) in [6, 6.07) is -3.49. The second-order valence-corrected chi connectivity index (χ2v) is 5.37. The van der Waals surface area contributed by atoms with Crippen LogP contribution in [0.2, 0.25) is 0 Å². The predicted molar refractivity (Wildman–Crippen MR) is 88.9 cm³/mol. The molecule has 0 aliphatic carbocycles. The summed E-state index contributed by atoms with van der Waals surface area (Å²) in [5.74, 6) is -3.79. The molecule has 0 aromatic rings. The average molecular weight is 359 g/mol. The van der Waals surface area contributed by atoms with Gasteiger partial charge in [-0.15, -0.1) is 0 Å². The Kier molecular flexibility index (Phi) is 9.56. The van der Waals surface area contributed by atoms with E-state index in [1.54, 1.807) is 0 Å². The lowest BCUT2D eigenvalue weighted by Gasteiger charge is -2.21. The Labute approximate surface area is 144 Å². The summed E-state index contributed by atoms with van der Waals surface area (Å²) in [7, 11) is 0. The van der Waals surface area contributed by atoms with Crippen LogP contribution in [0.5, 0.6) is 0 Å². The summed E-state index contributed by atoms with van der Waals surface area (Å²) in [5, 5.41) is 13.7. The standard InChI is InChI=1S/C13H25N7O5/c1-6(14)10(22)20-8(5-9(15)21)11(23)19-7(12(24)25)3-2-4-18-13(16)17/h6-8H,2-5,14H2,1H3,(H2,15,21)(H,19,23)(H,20,22)(H,24,25)(H4,16,17,18)/t6-,7-,8-/m0/s1. The van der Waals surface area contributed by atoms with Gasteiger partial charge in [-0.25, -0.2) is 4.79 Å². The van der Waals surface area contributed by atoms with Crippen LogP contribution in [0.4, 0.5) is 0 Å². The molecule has 0 saturated carbocycles. The van der Waals surface area contributed by atoms with Crippen molar-refractivity contribution in [1.82, 2.24) is 10.6 Å². The van der Waals surface area contributed by atoms with E-state index in [0.29, 0.717) is 6.42 Å². The minimum Gasteiger partial charge on any atom is -0.480 e. The molecule has 0 aromatic carbocycles. The molecule has 0 radical (unpaired) electrons. The van der Waals surface area contributed by atoms with E-state index in [4.69, 9.17) is 28.0 Å². The van der Waals surface area contributed by atoms with E-state index in [9.17, 15) is 19.2 Å². The molecule has 142 valence electrons. The van der Waals surface area contributed by atoms with Gasteiger partial charge in [0, 0.05) is 6.54 Å². The average Bonchev–Trinajstić information content (AvgIpc) is 2.48. The van der Waals surface area contributed by atoms with E-state index < -0.39 is 48.2 Å². The molecule has 0 rings (SSSR count). The fraction of sp³-hybridized carbons (Fsp3) is 0.615. The first-order valence-corrected chi connectivity index (χ1v) is 7.47. The zero-order chi connectivity index (χ0) is 19.6. The second-order valence-electron chi connectivity index (χ2n) is 5.37. The van der Waals surface area contributed by atoms with E-state index in [1.165, 1.54) is 6.92 Å². The maximum Gasteiger partial charge on any atom is 0.326 e. The Morgan fingerprint density at radius 2 is 1.60 bits per heavy atom. The molecule has 0 bridgehead atoms. The third-order valence-corrected chi connectivity index (χ3v) is 3.01. The first kappa shape index (κ1) is 22.1. The van der Waals surface area contributed by atoms with Gasteiger partial charge in [-0.3, -0.25) is 19.4 Å². The minimum atomic E-state index is -1.32. The van der Waals surface area contributed by atoms with E-state index >= 15 is 0 Å². The zero-order valence-electron chi connectivity index (χ0n) is 13.9. The van der Waals surface area contributed by atoms with Crippen LogP contribution < -0.4 is 33.6 Å². The quantitative estimate of drug-likeness (QED) is 0.110. The molecule has 0 aliphatic heterocycles. The number of primary amides is 1. The van der Waals surface area contributed by atoms with Crippen molar-refractivity contribution >= 4 is 29.7 Å². The van der Waals surface area contributed by atoms with Crippen LogP contribution in [-0.2, 0) is 19.2 Å². The summed E-state index contributed by atoms with van der Waals surface area (Å²) < 4.78 is 0. The molecule has 0 fully saturated rings. The third-order valence-electron chi connectivity index (χ3n) is 3.01. The number of aliphatic imine (C=N–C) groups is 1. The number of hydrogen-bond acceptors (Lipinski definition) is 6. The molecule has 3 amide bonds. The summed E-state index contributed by atoms with van der Waals surface area (Å²) in [6.07, 6.45) is -0.158. The fourth-order valence-electron chi connectivity index (χ4n) is 1.75. The number of aliphatic carboxylic acids is 1. The Morgan fingerprint density at radius 3 is 2.04 bits per heavy atom. The molecule has 25 heavy (non-hydrogen) atoms. The highest BCUT2D eigenvalue weighted by Crippen LogP contribution is 2.01. The number of hydrogen-bond donors (Lipinski definition) is 7. The van der Waals surface area contributed by atoms with Gasteiger partial charge < -0.3 is 38.7 Å². The molecule has 3 atom stereocenters.